The van der Waals surface area contributed by atoms with Crippen LogP contribution in [-0.4, -0.2) is 24.9 Å². The minimum Gasteiger partial charge on any atom is -0.398 e. The van der Waals surface area contributed by atoms with E-state index < -0.39 is 0 Å². The number of hydrogen-bond acceptors (Lipinski definition) is 3. The molecular weight excluding hydrogens is 292 g/mol. The van der Waals surface area contributed by atoms with E-state index in [0.717, 1.165) is 9.79 Å². The first-order valence-electron chi connectivity index (χ1n) is 6.02. The second-order valence-electron chi connectivity index (χ2n) is 4.51. The van der Waals surface area contributed by atoms with Crippen molar-refractivity contribution in [1.82, 2.24) is 4.90 Å². The van der Waals surface area contributed by atoms with Crippen LogP contribution in [0, 0.1) is 0 Å². The van der Waals surface area contributed by atoms with Crippen LogP contribution in [0.3, 0.4) is 0 Å². The Bertz CT molecular complexity index is 626. The lowest BCUT2D eigenvalue weighted by molar-refractivity contribution is 0.0827. The molecule has 104 valence electrons. The van der Waals surface area contributed by atoms with Gasteiger partial charge in [-0.1, -0.05) is 23.4 Å². The number of nitrogens with two attached hydrogens (primary N) is 1. The fraction of sp³-hybridized carbons (Fsp3) is 0.133. The first-order valence-corrected chi connectivity index (χ1v) is 7.21. The molecule has 1 amide bonds. The number of nitrogens with zero attached hydrogens (tertiary/aromatic N) is 1. The third-order valence-electron chi connectivity index (χ3n) is 2.72. The Morgan fingerprint density at radius 1 is 1.10 bits per heavy atom. The largest absolute Gasteiger partial charge is 0.398 e. The smallest absolute Gasteiger partial charge is 0.253 e. The summed E-state index contributed by atoms with van der Waals surface area (Å²) in [6, 6.07) is 13.0. The summed E-state index contributed by atoms with van der Waals surface area (Å²) >= 11 is 7.57. The number of carbonyl (C=O) groups is 1. The van der Waals surface area contributed by atoms with E-state index in [2.05, 4.69) is 0 Å². The molecule has 2 aromatic carbocycles. The van der Waals surface area contributed by atoms with Crippen molar-refractivity contribution < 1.29 is 4.79 Å². The number of carbonyl (C=O) groups excluding carboxylic acids is 1. The van der Waals surface area contributed by atoms with Gasteiger partial charge in [-0.15, -0.1) is 0 Å². The molecule has 0 fully saturated rings. The quantitative estimate of drug-likeness (QED) is 0.878. The highest BCUT2D eigenvalue weighted by Gasteiger charge is 2.07. The maximum absolute atomic E-state index is 11.8. The molecule has 0 heterocycles. The molecule has 0 saturated carbocycles. The molecule has 0 unspecified atom stereocenters. The van der Waals surface area contributed by atoms with Gasteiger partial charge in [-0.3, -0.25) is 4.79 Å². The number of nitrogen functional groups attached to an aromatic ring is 1. The van der Waals surface area contributed by atoms with Crippen LogP contribution in [0.25, 0.3) is 0 Å². The SMILES string of the molecule is CN(C)C(=O)c1ccc(Sc2ccc(N)c(Cl)c2)cc1. The summed E-state index contributed by atoms with van der Waals surface area (Å²) in [5.41, 5.74) is 6.93. The van der Waals surface area contributed by atoms with Gasteiger partial charge in [0.1, 0.15) is 0 Å². The number of amides is 1. The Morgan fingerprint density at radius 2 is 1.70 bits per heavy atom. The number of anilines is 1. The van der Waals surface area contributed by atoms with Gasteiger partial charge < -0.3 is 10.6 Å². The molecule has 2 N–H and O–H groups in total. The summed E-state index contributed by atoms with van der Waals surface area (Å²) in [6.07, 6.45) is 0. The molecule has 0 saturated heterocycles. The Hall–Kier alpha value is -1.65. The van der Waals surface area contributed by atoms with Gasteiger partial charge in [0.2, 0.25) is 0 Å². The first kappa shape index (κ1) is 14.8. The molecule has 20 heavy (non-hydrogen) atoms. The van der Waals surface area contributed by atoms with Crippen LogP contribution in [-0.2, 0) is 0 Å². The second kappa shape index (κ2) is 6.20. The van der Waals surface area contributed by atoms with Crippen molar-refractivity contribution in [3.63, 3.8) is 0 Å². The Morgan fingerprint density at radius 3 is 2.25 bits per heavy atom. The number of rotatable bonds is 3. The molecule has 0 spiro atoms. The molecule has 0 radical (unpaired) electrons. The summed E-state index contributed by atoms with van der Waals surface area (Å²) in [5.74, 6) is -0.00270. The maximum atomic E-state index is 11.8. The first-order chi connectivity index (χ1) is 9.47. The maximum Gasteiger partial charge on any atom is 0.253 e. The van der Waals surface area contributed by atoms with E-state index in [-0.39, 0.29) is 5.91 Å². The molecule has 3 nitrogen and oxygen atoms in total. The van der Waals surface area contributed by atoms with Crippen molar-refractivity contribution in [1.29, 1.82) is 0 Å². The third-order valence-corrected chi connectivity index (χ3v) is 4.04. The van der Waals surface area contributed by atoms with Gasteiger partial charge in [0, 0.05) is 29.4 Å². The van der Waals surface area contributed by atoms with Crippen molar-refractivity contribution in [3.8, 4) is 0 Å². The zero-order valence-electron chi connectivity index (χ0n) is 11.3. The topological polar surface area (TPSA) is 46.3 Å². The van der Waals surface area contributed by atoms with Crippen LogP contribution in [0.4, 0.5) is 5.69 Å². The normalized spacial score (nSPS) is 10.3. The minimum atomic E-state index is -0.00270. The molecule has 0 aliphatic heterocycles. The van der Waals surface area contributed by atoms with Gasteiger partial charge in [0.25, 0.3) is 5.91 Å². The molecule has 0 aromatic heterocycles. The third kappa shape index (κ3) is 3.46. The lowest BCUT2D eigenvalue weighted by Crippen LogP contribution is -2.21. The predicted molar refractivity (Wildman–Crippen MR) is 84.4 cm³/mol. The van der Waals surface area contributed by atoms with Gasteiger partial charge in [-0.05, 0) is 42.5 Å². The molecular formula is C15H15ClN2OS. The monoisotopic (exact) mass is 306 g/mol. The average Bonchev–Trinajstić information content (AvgIpc) is 2.43. The number of halogens is 1. The van der Waals surface area contributed by atoms with E-state index in [1.807, 2.05) is 36.4 Å². The van der Waals surface area contributed by atoms with Crippen LogP contribution in [0.2, 0.25) is 5.02 Å². The molecule has 0 bridgehead atoms. The average molecular weight is 307 g/mol. The number of benzene rings is 2. The van der Waals surface area contributed by atoms with E-state index in [4.69, 9.17) is 17.3 Å². The van der Waals surface area contributed by atoms with E-state index in [0.29, 0.717) is 16.3 Å². The Kier molecular flexibility index (Phi) is 4.57. The fourth-order valence-electron chi connectivity index (χ4n) is 1.63. The highest BCUT2D eigenvalue weighted by Crippen LogP contribution is 2.31. The molecule has 2 aromatic rings. The summed E-state index contributed by atoms with van der Waals surface area (Å²) in [4.78, 5) is 15.4. The lowest BCUT2D eigenvalue weighted by Gasteiger charge is -2.10. The summed E-state index contributed by atoms with van der Waals surface area (Å²) in [6.45, 7) is 0. The van der Waals surface area contributed by atoms with Gasteiger partial charge in [0.05, 0.1) is 10.7 Å². The van der Waals surface area contributed by atoms with Gasteiger partial charge >= 0.3 is 0 Å². The Balaban J connectivity index is 2.14. The summed E-state index contributed by atoms with van der Waals surface area (Å²) in [5, 5.41) is 0.550. The van der Waals surface area contributed by atoms with Gasteiger partial charge in [-0.2, -0.15) is 0 Å². The molecule has 0 aliphatic carbocycles. The van der Waals surface area contributed by atoms with Crippen LogP contribution >= 0.6 is 23.4 Å². The van der Waals surface area contributed by atoms with E-state index in [1.54, 1.807) is 36.8 Å². The standard InChI is InChI=1S/C15H15ClN2OS/c1-18(2)15(19)10-3-5-11(6-4-10)20-12-7-8-14(17)13(16)9-12/h3-9H,17H2,1-2H3. The highest BCUT2D eigenvalue weighted by atomic mass is 35.5. The molecule has 0 atom stereocenters. The van der Waals surface area contributed by atoms with Gasteiger partial charge in [0.15, 0.2) is 0 Å². The minimum absolute atomic E-state index is 0.00270. The van der Waals surface area contributed by atoms with Crippen LogP contribution in [0.5, 0.6) is 0 Å². The van der Waals surface area contributed by atoms with Crippen molar-refractivity contribution in [3.05, 3.63) is 53.1 Å². The van der Waals surface area contributed by atoms with E-state index >= 15 is 0 Å². The highest BCUT2D eigenvalue weighted by molar-refractivity contribution is 7.99. The zero-order valence-corrected chi connectivity index (χ0v) is 12.8. The zero-order chi connectivity index (χ0) is 14.7. The lowest BCUT2D eigenvalue weighted by atomic mass is 10.2. The Labute approximate surface area is 127 Å². The van der Waals surface area contributed by atoms with Gasteiger partial charge in [-0.25, -0.2) is 0 Å². The van der Waals surface area contributed by atoms with Crippen LogP contribution in [0.1, 0.15) is 10.4 Å². The predicted octanol–water partition coefficient (Wildman–Crippen LogP) is 3.78. The van der Waals surface area contributed by atoms with Crippen molar-refractivity contribution >= 4 is 35.0 Å². The summed E-state index contributed by atoms with van der Waals surface area (Å²) in [7, 11) is 3.47. The number of hydrogen-bond donors (Lipinski definition) is 1. The molecule has 2 rings (SSSR count). The second-order valence-corrected chi connectivity index (χ2v) is 6.06. The fourth-order valence-corrected chi connectivity index (χ4v) is 2.73. The van der Waals surface area contributed by atoms with Crippen molar-refractivity contribution in [2.24, 2.45) is 0 Å². The molecule has 5 heteroatoms. The van der Waals surface area contributed by atoms with E-state index in [1.165, 1.54) is 0 Å². The summed E-state index contributed by atoms with van der Waals surface area (Å²) < 4.78 is 0. The van der Waals surface area contributed by atoms with Crippen LogP contribution in [0.15, 0.2) is 52.3 Å². The van der Waals surface area contributed by atoms with Crippen LogP contribution < -0.4 is 5.73 Å². The van der Waals surface area contributed by atoms with Crippen molar-refractivity contribution in [2.75, 3.05) is 19.8 Å². The molecule has 0 aliphatic rings. The van der Waals surface area contributed by atoms with E-state index in [9.17, 15) is 4.79 Å². The van der Waals surface area contributed by atoms with Crippen molar-refractivity contribution in [2.45, 2.75) is 9.79 Å².